The highest BCUT2D eigenvalue weighted by molar-refractivity contribution is 5.91. The van der Waals surface area contributed by atoms with Crippen LogP contribution in [0.4, 0.5) is 19.0 Å². The van der Waals surface area contributed by atoms with Gasteiger partial charge in [0.15, 0.2) is 0 Å². The van der Waals surface area contributed by atoms with Crippen LogP contribution < -0.4 is 5.73 Å². The SMILES string of the molecule is CC(C(=O)O)c1nc(N)c2cccc(C(F)(F)F)c2n1. The van der Waals surface area contributed by atoms with Crippen LogP contribution in [0.1, 0.15) is 24.2 Å². The molecule has 1 atom stereocenters. The Bertz CT molecular complexity index is 685. The summed E-state index contributed by atoms with van der Waals surface area (Å²) in [4.78, 5) is 18.4. The second-order valence-electron chi connectivity index (χ2n) is 4.23. The van der Waals surface area contributed by atoms with Gasteiger partial charge in [0, 0.05) is 5.39 Å². The van der Waals surface area contributed by atoms with Gasteiger partial charge in [0.05, 0.1) is 11.1 Å². The fourth-order valence-corrected chi connectivity index (χ4v) is 1.73. The van der Waals surface area contributed by atoms with Gasteiger partial charge in [0.25, 0.3) is 0 Å². The van der Waals surface area contributed by atoms with Crippen LogP contribution in [0, 0.1) is 0 Å². The highest BCUT2D eigenvalue weighted by Crippen LogP contribution is 2.35. The van der Waals surface area contributed by atoms with E-state index in [2.05, 4.69) is 9.97 Å². The van der Waals surface area contributed by atoms with Gasteiger partial charge >= 0.3 is 12.1 Å². The molecule has 2 rings (SSSR count). The third-order valence-corrected chi connectivity index (χ3v) is 2.84. The second-order valence-corrected chi connectivity index (χ2v) is 4.23. The first kappa shape index (κ1) is 14.0. The second kappa shape index (κ2) is 4.62. The quantitative estimate of drug-likeness (QED) is 0.884. The summed E-state index contributed by atoms with van der Waals surface area (Å²) >= 11 is 0. The minimum absolute atomic E-state index is 0.0427. The Kier molecular flexibility index (Phi) is 3.24. The molecule has 0 radical (unpaired) electrons. The number of carbonyl (C=O) groups is 1. The lowest BCUT2D eigenvalue weighted by molar-refractivity contribution is -0.138. The predicted molar refractivity (Wildman–Crippen MR) is 65.0 cm³/mol. The molecule has 0 aliphatic carbocycles. The van der Waals surface area contributed by atoms with Crippen molar-refractivity contribution < 1.29 is 23.1 Å². The van der Waals surface area contributed by atoms with E-state index >= 15 is 0 Å². The van der Waals surface area contributed by atoms with Crippen molar-refractivity contribution in [1.29, 1.82) is 0 Å². The van der Waals surface area contributed by atoms with E-state index in [-0.39, 0.29) is 17.0 Å². The van der Waals surface area contributed by atoms with Gasteiger partial charge in [-0.2, -0.15) is 13.2 Å². The Morgan fingerprint density at radius 2 is 2.00 bits per heavy atom. The van der Waals surface area contributed by atoms with E-state index in [1.807, 2.05) is 0 Å². The van der Waals surface area contributed by atoms with Crippen LogP contribution in [0.3, 0.4) is 0 Å². The molecule has 8 heteroatoms. The summed E-state index contributed by atoms with van der Waals surface area (Å²) in [6, 6.07) is 3.42. The number of nitrogens with two attached hydrogens (primary N) is 1. The van der Waals surface area contributed by atoms with Crippen LogP contribution in [0.25, 0.3) is 10.9 Å². The normalized spacial score (nSPS) is 13.4. The number of nitrogen functional groups attached to an aromatic ring is 1. The molecule has 0 saturated carbocycles. The molecule has 106 valence electrons. The smallest absolute Gasteiger partial charge is 0.418 e. The van der Waals surface area contributed by atoms with Crippen LogP contribution >= 0.6 is 0 Å². The van der Waals surface area contributed by atoms with Crippen molar-refractivity contribution in [2.24, 2.45) is 0 Å². The van der Waals surface area contributed by atoms with Gasteiger partial charge in [0.2, 0.25) is 0 Å². The number of carboxylic acids is 1. The van der Waals surface area contributed by atoms with Crippen molar-refractivity contribution in [3.8, 4) is 0 Å². The Balaban J connectivity index is 2.77. The number of alkyl halides is 3. The van der Waals surface area contributed by atoms with E-state index in [1.54, 1.807) is 0 Å². The number of halogens is 3. The van der Waals surface area contributed by atoms with Crippen molar-refractivity contribution in [2.45, 2.75) is 19.0 Å². The molecule has 20 heavy (non-hydrogen) atoms. The van der Waals surface area contributed by atoms with E-state index < -0.39 is 29.1 Å². The number of aliphatic carboxylic acids is 1. The molecule has 5 nitrogen and oxygen atoms in total. The average molecular weight is 285 g/mol. The lowest BCUT2D eigenvalue weighted by Gasteiger charge is -2.13. The summed E-state index contributed by atoms with van der Waals surface area (Å²) in [7, 11) is 0. The maximum Gasteiger partial charge on any atom is 0.418 e. The summed E-state index contributed by atoms with van der Waals surface area (Å²) in [5, 5.41) is 8.93. The number of rotatable bonds is 2. The molecule has 1 unspecified atom stereocenters. The topological polar surface area (TPSA) is 89.1 Å². The molecular formula is C12H10F3N3O2. The van der Waals surface area contributed by atoms with Crippen molar-refractivity contribution in [3.05, 3.63) is 29.6 Å². The Morgan fingerprint density at radius 3 is 2.55 bits per heavy atom. The van der Waals surface area contributed by atoms with Gasteiger partial charge in [-0.15, -0.1) is 0 Å². The van der Waals surface area contributed by atoms with Crippen LogP contribution in [0.2, 0.25) is 0 Å². The van der Waals surface area contributed by atoms with E-state index in [0.29, 0.717) is 0 Å². The minimum Gasteiger partial charge on any atom is -0.481 e. The van der Waals surface area contributed by atoms with Gasteiger partial charge in [-0.3, -0.25) is 4.79 Å². The van der Waals surface area contributed by atoms with E-state index in [4.69, 9.17) is 10.8 Å². The molecule has 0 fully saturated rings. The molecular weight excluding hydrogens is 275 g/mol. The molecule has 0 saturated heterocycles. The Hall–Kier alpha value is -2.38. The number of anilines is 1. The minimum atomic E-state index is -4.61. The number of benzene rings is 1. The molecule has 0 aliphatic heterocycles. The highest BCUT2D eigenvalue weighted by atomic mass is 19.4. The molecule has 3 N–H and O–H groups in total. The maximum atomic E-state index is 12.9. The summed E-state index contributed by atoms with van der Waals surface area (Å²) in [5.74, 6) is -2.82. The number of para-hydroxylation sites is 1. The lowest BCUT2D eigenvalue weighted by Crippen LogP contribution is -2.14. The fourth-order valence-electron chi connectivity index (χ4n) is 1.73. The Labute approximate surface area is 111 Å². The van der Waals surface area contributed by atoms with Crippen molar-refractivity contribution >= 4 is 22.7 Å². The maximum absolute atomic E-state index is 12.9. The molecule has 0 aliphatic rings. The van der Waals surface area contributed by atoms with Crippen molar-refractivity contribution in [3.63, 3.8) is 0 Å². The fraction of sp³-hybridized carbons (Fsp3) is 0.250. The summed E-state index contributed by atoms with van der Waals surface area (Å²) in [6.07, 6.45) is -4.61. The van der Waals surface area contributed by atoms with Gasteiger partial charge in [-0.05, 0) is 19.1 Å². The van der Waals surface area contributed by atoms with Crippen LogP contribution in [0.5, 0.6) is 0 Å². The summed E-state index contributed by atoms with van der Waals surface area (Å²) in [6.45, 7) is 1.28. The zero-order chi connectivity index (χ0) is 15.1. The Morgan fingerprint density at radius 1 is 1.35 bits per heavy atom. The predicted octanol–water partition coefficient (Wildman–Crippen LogP) is 2.42. The van der Waals surface area contributed by atoms with Crippen LogP contribution in [-0.4, -0.2) is 21.0 Å². The van der Waals surface area contributed by atoms with Crippen LogP contribution in [-0.2, 0) is 11.0 Å². The average Bonchev–Trinajstić information content (AvgIpc) is 2.35. The molecule has 1 aromatic carbocycles. The first-order valence-electron chi connectivity index (χ1n) is 5.58. The number of hydrogen-bond donors (Lipinski definition) is 2. The monoisotopic (exact) mass is 285 g/mol. The summed E-state index contributed by atoms with van der Waals surface area (Å²) < 4.78 is 38.8. The number of carboxylic acid groups (broad SMARTS) is 1. The molecule has 0 amide bonds. The number of aromatic nitrogens is 2. The largest absolute Gasteiger partial charge is 0.481 e. The lowest BCUT2D eigenvalue weighted by atomic mass is 10.1. The van der Waals surface area contributed by atoms with Crippen LogP contribution in [0.15, 0.2) is 18.2 Å². The molecule has 0 bridgehead atoms. The standard InChI is InChI=1S/C12H10F3N3O2/c1-5(11(19)20)10-17-8-6(9(16)18-10)3-2-4-7(8)12(13,14)15/h2-5H,1H3,(H,19,20)(H2,16,17,18). The van der Waals surface area contributed by atoms with E-state index in [9.17, 15) is 18.0 Å². The third-order valence-electron chi connectivity index (χ3n) is 2.84. The van der Waals surface area contributed by atoms with Gasteiger partial charge in [-0.25, -0.2) is 9.97 Å². The van der Waals surface area contributed by atoms with Gasteiger partial charge in [0.1, 0.15) is 17.6 Å². The number of hydrogen-bond acceptors (Lipinski definition) is 4. The van der Waals surface area contributed by atoms with Gasteiger partial charge < -0.3 is 10.8 Å². The molecule has 1 heterocycles. The van der Waals surface area contributed by atoms with Crippen molar-refractivity contribution in [2.75, 3.05) is 5.73 Å². The number of fused-ring (bicyclic) bond motifs is 1. The highest BCUT2D eigenvalue weighted by Gasteiger charge is 2.34. The van der Waals surface area contributed by atoms with E-state index in [1.165, 1.54) is 19.1 Å². The number of nitrogens with zero attached hydrogens (tertiary/aromatic N) is 2. The zero-order valence-electron chi connectivity index (χ0n) is 10.3. The molecule has 0 spiro atoms. The van der Waals surface area contributed by atoms with Gasteiger partial charge in [-0.1, -0.05) is 6.07 Å². The summed E-state index contributed by atoms with van der Waals surface area (Å²) in [5.41, 5.74) is 4.23. The van der Waals surface area contributed by atoms with E-state index in [0.717, 1.165) is 6.07 Å². The zero-order valence-corrected chi connectivity index (χ0v) is 10.3. The first-order valence-corrected chi connectivity index (χ1v) is 5.58. The van der Waals surface area contributed by atoms with Crippen molar-refractivity contribution in [1.82, 2.24) is 9.97 Å². The molecule has 2 aromatic rings. The third kappa shape index (κ3) is 2.36. The first-order chi connectivity index (χ1) is 9.21. The molecule has 1 aromatic heterocycles.